The zero-order valence-corrected chi connectivity index (χ0v) is 16.5. The van der Waals surface area contributed by atoms with Gasteiger partial charge in [-0.1, -0.05) is 30.3 Å². The van der Waals surface area contributed by atoms with Gasteiger partial charge in [-0.15, -0.1) is 0 Å². The first-order valence-corrected chi connectivity index (χ1v) is 9.85. The summed E-state index contributed by atoms with van der Waals surface area (Å²) in [7, 11) is 4.05. The number of aromatic amines is 1. The van der Waals surface area contributed by atoms with Gasteiger partial charge in [0.2, 0.25) is 0 Å². The first-order valence-electron chi connectivity index (χ1n) is 9.85. The van der Waals surface area contributed by atoms with Gasteiger partial charge in [-0.05, 0) is 56.7 Å². The largest absolute Gasteiger partial charge is 0.489 e. The molecule has 1 fully saturated rings. The molecule has 2 heterocycles. The molecule has 4 rings (SSSR count). The Morgan fingerprint density at radius 3 is 2.64 bits per heavy atom. The third-order valence-corrected chi connectivity index (χ3v) is 5.63. The molecule has 28 heavy (non-hydrogen) atoms. The molecule has 0 saturated carbocycles. The van der Waals surface area contributed by atoms with Crippen molar-refractivity contribution in [1.82, 2.24) is 14.8 Å². The van der Waals surface area contributed by atoms with Crippen molar-refractivity contribution in [2.75, 3.05) is 27.2 Å². The second kappa shape index (κ2) is 8.07. The molecular weight excluding hydrogens is 350 g/mol. The molecule has 0 atom stereocenters. The smallest absolute Gasteiger partial charge is 0.270 e. The summed E-state index contributed by atoms with van der Waals surface area (Å²) in [6, 6.07) is 18.2. The van der Waals surface area contributed by atoms with E-state index in [9.17, 15) is 4.79 Å². The maximum Gasteiger partial charge on any atom is 0.270 e. The highest BCUT2D eigenvalue weighted by molar-refractivity contribution is 5.98. The van der Waals surface area contributed by atoms with Crippen LogP contribution in [0.15, 0.2) is 54.6 Å². The molecule has 3 aromatic rings. The van der Waals surface area contributed by atoms with E-state index in [1.807, 2.05) is 66.5 Å². The van der Waals surface area contributed by atoms with Gasteiger partial charge in [-0.25, -0.2) is 0 Å². The maximum absolute atomic E-state index is 12.9. The van der Waals surface area contributed by atoms with E-state index in [1.54, 1.807) is 0 Å². The van der Waals surface area contributed by atoms with E-state index in [0.717, 1.165) is 48.1 Å². The average Bonchev–Trinajstić information content (AvgIpc) is 3.16. The van der Waals surface area contributed by atoms with Crippen LogP contribution < -0.4 is 4.74 Å². The molecule has 1 saturated heterocycles. The van der Waals surface area contributed by atoms with Crippen LogP contribution in [0.1, 0.15) is 28.9 Å². The number of rotatable bonds is 5. The number of hydrogen-bond donors (Lipinski definition) is 1. The summed E-state index contributed by atoms with van der Waals surface area (Å²) in [6.07, 6.45) is 2.05. The van der Waals surface area contributed by atoms with Gasteiger partial charge in [0.1, 0.15) is 18.1 Å². The molecule has 5 nitrogen and oxygen atoms in total. The topological polar surface area (TPSA) is 48.6 Å². The standard InChI is InChI=1S/C23H27N3O2/c1-25-12-10-19(11-13-25)26(2)23(27)22-14-18-8-9-20(15-21(18)24-22)28-16-17-6-4-3-5-7-17/h3-9,14-15,19,24H,10-13,16H2,1-2H3. The molecule has 1 aliphatic rings. The Bertz CT molecular complexity index is 943. The van der Waals surface area contributed by atoms with Gasteiger partial charge in [0.05, 0.1) is 0 Å². The van der Waals surface area contributed by atoms with E-state index in [2.05, 4.69) is 16.9 Å². The highest BCUT2D eigenvalue weighted by atomic mass is 16.5. The molecule has 0 bridgehead atoms. The normalized spacial score (nSPS) is 15.6. The zero-order valence-electron chi connectivity index (χ0n) is 16.5. The van der Waals surface area contributed by atoms with Crippen LogP contribution >= 0.6 is 0 Å². The number of amides is 1. The third kappa shape index (κ3) is 4.04. The van der Waals surface area contributed by atoms with Crippen LogP contribution in [0.2, 0.25) is 0 Å². The number of ether oxygens (including phenoxy) is 1. The minimum absolute atomic E-state index is 0.0532. The summed E-state index contributed by atoms with van der Waals surface area (Å²) >= 11 is 0. The Kier molecular flexibility index (Phi) is 5.35. The van der Waals surface area contributed by atoms with Crippen LogP contribution in [-0.4, -0.2) is 53.9 Å². The molecule has 0 aliphatic carbocycles. The SMILES string of the molecule is CN1CCC(N(C)C(=O)c2cc3ccc(OCc4ccccc4)cc3[nH]2)CC1. The second-order valence-corrected chi connectivity index (χ2v) is 7.66. The number of nitrogens with one attached hydrogen (secondary N) is 1. The Hall–Kier alpha value is -2.79. The molecule has 0 unspecified atom stereocenters. The van der Waals surface area contributed by atoms with Gasteiger partial charge in [0.25, 0.3) is 5.91 Å². The summed E-state index contributed by atoms with van der Waals surface area (Å²) in [6.45, 7) is 2.60. The molecular formula is C23H27N3O2. The lowest BCUT2D eigenvalue weighted by Gasteiger charge is -2.34. The molecule has 1 aliphatic heterocycles. The van der Waals surface area contributed by atoms with E-state index < -0.39 is 0 Å². The highest BCUT2D eigenvalue weighted by Crippen LogP contribution is 2.24. The lowest BCUT2D eigenvalue weighted by Crippen LogP contribution is -2.44. The number of carbonyl (C=O) groups is 1. The van der Waals surface area contributed by atoms with E-state index >= 15 is 0 Å². The molecule has 2 aromatic carbocycles. The summed E-state index contributed by atoms with van der Waals surface area (Å²) in [5.74, 6) is 0.846. The van der Waals surface area contributed by atoms with Crippen molar-refractivity contribution in [3.8, 4) is 5.75 Å². The fourth-order valence-corrected chi connectivity index (χ4v) is 3.79. The first-order chi connectivity index (χ1) is 13.6. The fraction of sp³-hybridized carbons (Fsp3) is 0.348. The number of aromatic nitrogens is 1. The second-order valence-electron chi connectivity index (χ2n) is 7.66. The van der Waals surface area contributed by atoms with Crippen molar-refractivity contribution in [2.45, 2.75) is 25.5 Å². The van der Waals surface area contributed by atoms with Gasteiger partial charge >= 0.3 is 0 Å². The minimum atomic E-state index is 0.0532. The van der Waals surface area contributed by atoms with Gasteiger partial charge < -0.3 is 19.5 Å². The number of benzene rings is 2. The first kappa shape index (κ1) is 18.6. The van der Waals surface area contributed by atoms with Crippen molar-refractivity contribution >= 4 is 16.8 Å². The molecule has 5 heteroatoms. The quantitative estimate of drug-likeness (QED) is 0.733. The highest BCUT2D eigenvalue weighted by Gasteiger charge is 2.25. The van der Waals surface area contributed by atoms with Gasteiger partial charge in [-0.3, -0.25) is 4.79 Å². The summed E-state index contributed by atoms with van der Waals surface area (Å²) < 4.78 is 5.90. The number of nitrogens with zero attached hydrogens (tertiary/aromatic N) is 2. The average molecular weight is 377 g/mol. The monoisotopic (exact) mass is 377 g/mol. The Morgan fingerprint density at radius 1 is 1.14 bits per heavy atom. The van der Waals surface area contributed by atoms with E-state index in [4.69, 9.17) is 4.74 Å². The number of likely N-dealkylation sites (tertiary alicyclic amines) is 1. The van der Waals surface area contributed by atoms with Gasteiger partial charge in [0, 0.05) is 30.1 Å². The minimum Gasteiger partial charge on any atom is -0.489 e. The predicted molar refractivity (Wildman–Crippen MR) is 112 cm³/mol. The van der Waals surface area contributed by atoms with Gasteiger partial charge in [0.15, 0.2) is 0 Å². The van der Waals surface area contributed by atoms with E-state index in [-0.39, 0.29) is 5.91 Å². The summed E-state index contributed by atoms with van der Waals surface area (Å²) in [5, 5.41) is 1.02. The maximum atomic E-state index is 12.9. The predicted octanol–water partition coefficient (Wildman–Crippen LogP) is 3.91. The van der Waals surface area contributed by atoms with Crippen LogP contribution in [0, 0.1) is 0 Å². The Labute approximate surface area is 165 Å². The van der Waals surface area contributed by atoms with Crippen molar-refractivity contribution < 1.29 is 9.53 Å². The van der Waals surface area contributed by atoms with Crippen molar-refractivity contribution in [3.63, 3.8) is 0 Å². The lowest BCUT2D eigenvalue weighted by molar-refractivity contribution is 0.0654. The summed E-state index contributed by atoms with van der Waals surface area (Å²) in [4.78, 5) is 20.4. The van der Waals surface area contributed by atoms with Gasteiger partial charge in [-0.2, -0.15) is 0 Å². The Balaban J connectivity index is 1.46. The van der Waals surface area contributed by atoms with Crippen LogP contribution in [0.4, 0.5) is 0 Å². The van der Waals surface area contributed by atoms with Crippen molar-refractivity contribution in [1.29, 1.82) is 0 Å². The molecule has 1 aromatic heterocycles. The zero-order chi connectivity index (χ0) is 19.5. The van der Waals surface area contributed by atoms with Crippen molar-refractivity contribution in [3.05, 3.63) is 65.9 Å². The van der Waals surface area contributed by atoms with E-state index in [1.165, 1.54) is 0 Å². The lowest BCUT2D eigenvalue weighted by atomic mass is 10.0. The molecule has 0 radical (unpaired) electrons. The number of hydrogen-bond acceptors (Lipinski definition) is 3. The number of H-pyrrole nitrogens is 1. The molecule has 1 amide bonds. The number of carbonyl (C=O) groups excluding carboxylic acids is 1. The van der Waals surface area contributed by atoms with Crippen LogP contribution in [0.25, 0.3) is 10.9 Å². The number of fused-ring (bicyclic) bond motifs is 1. The van der Waals surface area contributed by atoms with E-state index in [0.29, 0.717) is 18.3 Å². The fourth-order valence-electron chi connectivity index (χ4n) is 3.79. The summed E-state index contributed by atoms with van der Waals surface area (Å²) in [5.41, 5.74) is 2.69. The molecule has 146 valence electrons. The van der Waals surface area contributed by atoms with Crippen LogP contribution in [0.5, 0.6) is 5.75 Å². The van der Waals surface area contributed by atoms with Crippen LogP contribution in [-0.2, 0) is 6.61 Å². The number of piperidine rings is 1. The van der Waals surface area contributed by atoms with Crippen molar-refractivity contribution in [2.24, 2.45) is 0 Å². The Morgan fingerprint density at radius 2 is 1.89 bits per heavy atom. The third-order valence-electron chi connectivity index (χ3n) is 5.63. The molecule has 0 spiro atoms. The van der Waals surface area contributed by atoms with Crippen LogP contribution in [0.3, 0.4) is 0 Å². The molecule has 1 N–H and O–H groups in total.